The topological polar surface area (TPSA) is 92.4 Å². The molecule has 1 atom stereocenters. The second-order valence-electron chi connectivity index (χ2n) is 2.13. The number of carbonyl (C=O) groups excluding carboxylic acids is 1. The van der Waals surface area contributed by atoms with Crippen LogP contribution in [0.25, 0.3) is 0 Å². The SMILES string of the molecule is CC(=O)C(C)(NN)C(=O)O. The molecule has 58 valence electrons. The lowest BCUT2D eigenvalue weighted by atomic mass is 9.99. The molecule has 10 heavy (non-hydrogen) atoms. The lowest BCUT2D eigenvalue weighted by molar-refractivity contribution is -0.148. The Hall–Kier alpha value is -0.940. The lowest BCUT2D eigenvalue weighted by Gasteiger charge is -2.19. The molecule has 0 aliphatic heterocycles. The van der Waals surface area contributed by atoms with Crippen molar-refractivity contribution in [1.82, 2.24) is 5.43 Å². The van der Waals surface area contributed by atoms with Crippen LogP contribution in [0.3, 0.4) is 0 Å². The van der Waals surface area contributed by atoms with E-state index in [-0.39, 0.29) is 0 Å². The van der Waals surface area contributed by atoms with Gasteiger partial charge in [-0.1, -0.05) is 0 Å². The first-order valence-electron chi connectivity index (χ1n) is 2.67. The fourth-order valence-electron chi connectivity index (χ4n) is 0.314. The van der Waals surface area contributed by atoms with Crippen LogP contribution < -0.4 is 11.3 Å². The highest BCUT2D eigenvalue weighted by Crippen LogP contribution is 2.02. The van der Waals surface area contributed by atoms with E-state index in [0.717, 1.165) is 6.92 Å². The molecular weight excluding hydrogens is 136 g/mol. The van der Waals surface area contributed by atoms with E-state index in [9.17, 15) is 9.59 Å². The standard InChI is InChI=1S/C5H10N2O3/c1-3(8)5(2,7-6)4(9)10/h7H,6H2,1-2H3,(H,9,10). The second-order valence-corrected chi connectivity index (χ2v) is 2.13. The van der Waals surface area contributed by atoms with Crippen LogP contribution in [-0.4, -0.2) is 22.4 Å². The number of aliphatic carboxylic acids is 1. The Morgan fingerprint density at radius 1 is 1.60 bits per heavy atom. The molecule has 0 spiro atoms. The number of Topliss-reactive ketones (excluding diaryl/α,β-unsaturated/α-hetero) is 1. The van der Waals surface area contributed by atoms with Crippen molar-refractivity contribution in [2.45, 2.75) is 19.4 Å². The molecule has 0 heterocycles. The maximum atomic E-state index is 10.6. The zero-order chi connectivity index (χ0) is 8.36. The van der Waals surface area contributed by atoms with Crippen LogP contribution in [-0.2, 0) is 9.59 Å². The van der Waals surface area contributed by atoms with Gasteiger partial charge in [0.1, 0.15) is 0 Å². The summed E-state index contributed by atoms with van der Waals surface area (Å²) in [6.07, 6.45) is 0. The van der Waals surface area contributed by atoms with E-state index in [0.29, 0.717) is 0 Å². The third-order valence-corrected chi connectivity index (χ3v) is 1.42. The number of nitrogens with one attached hydrogen (secondary N) is 1. The van der Waals surface area contributed by atoms with E-state index in [1.54, 1.807) is 0 Å². The molecule has 0 bridgehead atoms. The van der Waals surface area contributed by atoms with Crippen molar-refractivity contribution in [3.05, 3.63) is 0 Å². The second kappa shape index (κ2) is 2.76. The third-order valence-electron chi connectivity index (χ3n) is 1.42. The number of hydrogen-bond acceptors (Lipinski definition) is 4. The maximum Gasteiger partial charge on any atom is 0.332 e. The van der Waals surface area contributed by atoms with Gasteiger partial charge in [-0.15, -0.1) is 0 Å². The molecular formula is C5H10N2O3. The number of carboxylic acid groups (broad SMARTS) is 1. The zero-order valence-corrected chi connectivity index (χ0v) is 5.84. The first-order chi connectivity index (χ1) is 4.45. The molecule has 0 rings (SSSR count). The molecule has 0 aromatic carbocycles. The van der Waals surface area contributed by atoms with Crippen LogP contribution in [0, 0.1) is 0 Å². The van der Waals surface area contributed by atoms with Crippen molar-refractivity contribution in [2.24, 2.45) is 5.84 Å². The average molecular weight is 146 g/mol. The summed E-state index contributed by atoms with van der Waals surface area (Å²) in [4.78, 5) is 20.9. The molecule has 5 heteroatoms. The minimum Gasteiger partial charge on any atom is -0.480 e. The van der Waals surface area contributed by atoms with E-state index < -0.39 is 17.3 Å². The molecule has 1 unspecified atom stereocenters. The molecule has 0 aromatic rings. The van der Waals surface area contributed by atoms with E-state index in [1.807, 2.05) is 5.43 Å². The van der Waals surface area contributed by atoms with Crippen molar-refractivity contribution in [3.63, 3.8) is 0 Å². The Balaban J connectivity index is 4.55. The third kappa shape index (κ3) is 1.31. The molecule has 0 fully saturated rings. The van der Waals surface area contributed by atoms with Gasteiger partial charge in [-0.3, -0.25) is 10.6 Å². The van der Waals surface area contributed by atoms with Gasteiger partial charge < -0.3 is 5.11 Å². The zero-order valence-electron chi connectivity index (χ0n) is 5.84. The minimum atomic E-state index is -1.65. The normalized spacial score (nSPS) is 15.9. The fraction of sp³-hybridized carbons (Fsp3) is 0.600. The van der Waals surface area contributed by atoms with Gasteiger partial charge in [-0.25, -0.2) is 10.2 Å². The highest BCUT2D eigenvalue weighted by atomic mass is 16.4. The van der Waals surface area contributed by atoms with Crippen LogP contribution in [0.1, 0.15) is 13.8 Å². The molecule has 0 aliphatic carbocycles. The minimum absolute atomic E-state index is 0.525. The summed E-state index contributed by atoms with van der Waals surface area (Å²) >= 11 is 0. The van der Waals surface area contributed by atoms with Gasteiger partial charge in [0.2, 0.25) is 0 Å². The highest BCUT2D eigenvalue weighted by Gasteiger charge is 2.36. The number of carboxylic acids is 1. The monoisotopic (exact) mass is 146 g/mol. The number of nitrogens with two attached hydrogens (primary N) is 1. The van der Waals surface area contributed by atoms with Crippen LogP contribution in [0.4, 0.5) is 0 Å². The Labute approximate surface area is 58.2 Å². The van der Waals surface area contributed by atoms with E-state index in [4.69, 9.17) is 10.9 Å². The van der Waals surface area contributed by atoms with Crippen molar-refractivity contribution in [3.8, 4) is 0 Å². The Bertz CT molecular complexity index is 152. The van der Waals surface area contributed by atoms with Gasteiger partial charge in [0.05, 0.1) is 0 Å². The van der Waals surface area contributed by atoms with Crippen molar-refractivity contribution in [1.29, 1.82) is 0 Å². The Morgan fingerprint density at radius 3 is 2.00 bits per heavy atom. The molecule has 0 saturated carbocycles. The van der Waals surface area contributed by atoms with Gasteiger partial charge in [0.15, 0.2) is 11.3 Å². The highest BCUT2D eigenvalue weighted by molar-refractivity contribution is 6.06. The van der Waals surface area contributed by atoms with Gasteiger partial charge in [-0.2, -0.15) is 0 Å². The van der Waals surface area contributed by atoms with Crippen molar-refractivity contribution >= 4 is 11.8 Å². The summed E-state index contributed by atoms with van der Waals surface area (Å²) in [5, 5.41) is 8.44. The largest absolute Gasteiger partial charge is 0.480 e. The smallest absolute Gasteiger partial charge is 0.332 e. The summed E-state index contributed by atoms with van der Waals surface area (Å²) in [6, 6.07) is 0. The number of ketones is 1. The summed E-state index contributed by atoms with van der Waals surface area (Å²) in [5.41, 5.74) is 0.275. The van der Waals surface area contributed by atoms with Crippen LogP contribution in [0.15, 0.2) is 0 Å². The van der Waals surface area contributed by atoms with Crippen molar-refractivity contribution < 1.29 is 14.7 Å². The molecule has 4 N–H and O–H groups in total. The predicted molar refractivity (Wildman–Crippen MR) is 34.0 cm³/mol. The fourth-order valence-corrected chi connectivity index (χ4v) is 0.314. The van der Waals surface area contributed by atoms with Crippen molar-refractivity contribution in [2.75, 3.05) is 0 Å². The van der Waals surface area contributed by atoms with Crippen LogP contribution >= 0.6 is 0 Å². The van der Waals surface area contributed by atoms with Gasteiger partial charge in [0.25, 0.3) is 0 Å². The lowest BCUT2D eigenvalue weighted by Crippen LogP contribution is -2.57. The Kier molecular flexibility index (Phi) is 2.50. The summed E-state index contributed by atoms with van der Waals surface area (Å²) in [5.74, 6) is 3.06. The molecule has 0 aromatic heterocycles. The number of hydrazine groups is 1. The van der Waals surface area contributed by atoms with Gasteiger partial charge in [0, 0.05) is 0 Å². The summed E-state index contributed by atoms with van der Waals surface area (Å²) in [7, 11) is 0. The van der Waals surface area contributed by atoms with Gasteiger partial charge in [-0.05, 0) is 13.8 Å². The molecule has 0 radical (unpaired) electrons. The van der Waals surface area contributed by atoms with Crippen LogP contribution in [0.2, 0.25) is 0 Å². The van der Waals surface area contributed by atoms with E-state index in [2.05, 4.69) is 0 Å². The number of hydrogen-bond donors (Lipinski definition) is 3. The van der Waals surface area contributed by atoms with Crippen LogP contribution in [0.5, 0.6) is 0 Å². The quantitative estimate of drug-likeness (QED) is 0.266. The maximum absolute atomic E-state index is 10.6. The number of rotatable bonds is 3. The molecule has 5 nitrogen and oxygen atoms in total. The first-order valence-corrected chi connectivity index (χ1v) is 2.67. The molecule has 0 amide bonds. The molecule has 0 aliphatic rings. The summed E-state index contributed by atoms with van der Waals surface area (Å²) in [6.45, 7) is 2.37. The first kappa shape index (κ1) is 9.06. The molecule has 0 saturated heterocycles. The van der Waals surface area contributed by atoms with E-state index in [1.165, 1.54) is 6.92 Å². The number of carbonyl (C=O) groups is 2. The summed E-state index contributed by atoms with van der Waals surface area (Å²) < 4.78 is 0. The Morgan fingerprint density at radius 2 is 2.00 bits per heavy atom. The van der Waals surface area contributed by atoms with Gasteiger partial charge >= 0.3 is 5.97 Å². The van der Waals surface area contributed by atoms with E-state index >= 15 is 0 Å². The average Bonchev–Trinajstić information content (AvgIpc) is 1.85. The predicted octanol–water partition coefficient (Wildman–Crippen LogP) is -1.12.